The monoisotopic (exact) mass is 301 g/mol. The normalized spacial score (nSPS) is 19.0. The fraction of sp³-hybridized carbons (Fsp3) is 0.412. The van der Waals surface area contributed by atoms with Crippen molar-refractivity contribution in [3.05, 3.63) is 53.6 Å². The van der Waals surface area contributed by atoms with Gasteiger partial charge in [0.1, 0.15) is 5.82 Å². The molecule has 2 heterocycles. The number of carbonyl (C=O) groups is 1. The van der Waals surface area contributed by atoms with E-state index >= 15 is 0 Å². The summed E-state index contributed by atoms with van der Waals surface area (Å²) in [6.45, 7) is 0.647. The Labute approximate surface area is 129 Å². The second kappa shape index (κ2) is 6.30. The van der Waals surface area contributed by atoms with Crippen molar-refractivity contribution in [3.63, 3.8) is 0 Å². The molecule has 1 atom stereocenters. The maximum absolute atomic E-state index is 14.0. The topological polar surface area (TPSA) is 38.1 Å². The quantitative estimate of drug-likeness (QED) is 0.853. The van der Waals surface area contributed by atoms with Gasteiger partial charge in [-0.2, -0.15) is 5.10 Å². The molecule has 1 aromatic heterocycles. The van der Waals surface area contributed by atoms with Gasteiger partial charge in [-0.15, -0.1) is 0 Å². The highest BCUT2D eigenvalue weighted by Gasteiger charge is 2.30. The number of rotatable bonds is 2. The Kier molecular flexibility index (Phi) is 4.22. The molecular formula is C17H20FN3O. The number of aryl methyl sites for hydroxylation is 1. The van der Waals surface area contributed by atoms with Crippen molar-refractivity contribution in [3.8, 4) is 0 Å². The lowest BCUT2D eigenvalue weighted by Crippen LogP contribution is -2.35. The second-order valence-electron chi connectivity index (χ2n) is 5.76. The maximum Gasteiger partial charge on any atom is 0.257 e. The van der Waals surface area contributed by atoms with Gasteiger partial charge in [0.25, 0.3) is 5.91 Å². The molecular weight excluding hydrogens is 281 g/mol. The maximum atomic E-state index is 14.0. The molecule has 1 unspecified atom stereocenters. The lowest BCUT2D eigenvalue weighted by Gasteiger charge is -2.29. The summed E-state index contributed by atoms with van der Waals surface area (Å²) in [5.41, 5.74) is 1.03. The first-order valence-electron chi connectivity index (χ1n) is 7.72. The van der Waals surface area contributed by atoms with E-state index in [9.17, 15) is 9.18 Å². The SMILES string of the molecule is Cn1ccc(C2CCCCCN2C(=O)c2ccccc2F)n1. The van der Waals surface area contributed by atoms with Crippen molar-refractivity contribution < 1.29 is 9.18 Å². The Morgan fingerprint density at radius 2 is 2.05 bits per heavy atom. The van der Waals surface area contributed by atoms with E-state index in [0.29, 0.717) is 6.54 Å². The predicted octanol–water partition coefficient (Wildman–Crippen LogP) is 3.32. The predicted molar refractivity (Wildman–Crippen MR) is 81.9 cm³/mol. The van der Waals surface area contributed by atoms with Crippen LogP contribution in [0.5, 0.6) is 0 Å². The molecule has 2 aromatic rings. The van der Waals surface area contributed by atoms with Gasteiger partial charge < -0.3 is 4.90 Å². The summed E-state index contributed by atoms with van der Waals surface area (Å²) in [7, 11) is 1.86. The first kappa shape index (κ1) is 14.8. The van der Waals surface area contributed by atoms with Gasteiger partial charge in [0.2, 0.25) is 0 Å². The highest BCUT2D eigenvalue weighted by atomic mass is 19.1. The minimum absolute atomic E-state index is 0.0733. The van der Waals surface area contributed by atoms with Crippen LogP contribution in [0, 0.1) is 5.82 Å². The van der Waals surface area contributed by atoms with E-state index in [4.69, 9.17) is 0 Å². The van der Waals surface area contributed by atoms with Gasteiger partial charge in [0.05, 0.1) is 17.3 Å². The molecule has 0 saturated carbocycles. The average molecular weight is 301 g/mol. The fourth-order valence-corrected chi connectivity index (χ4v) is 3.06. The van der Waals surface area contributed by atoms with Crippen molar-refractivity contribution in [2.45, 2.75) is 31.7 Å². The molecule has 3 rings (SSSR count). The minimum Gasteiger partial charge on any atom is -0.330 e. The van der Waals surface area contributed by atoms with Gasteiger partial charge in [-0.3, -0.25) is 9.48 Å². The summed E-state index contributed by atoms with van der Waals surface area (Å²) >= 11 is 0. The summed E-state index contributed by atoms with van der Waals surface area (Å²) in [6, 6.07) is 8.06. The van der Waals surface area contributed by atoms with Gasteiger partial charge in [-0.1, -0.05) is 25.0 Å². The van der Waals surface area contributed by atoms with Crippen LogP contribution < -0.4 is 0 Å². The van der Waals surface area contributed by atoms with Crippen molar-refractivity contribution in [1.29, 1.82) is 0 Å². The molecule has 0 N–H and O–H groups in total. The third kappa shape index (κ3) is 2.89. The van der Waals surface area contributed by atoms with Crippen LogP contribution in [0.3, 0.4) is 0 Å². The number of likely N-dealkylation sites (tertiary alicyclic amines) is 1. The number of carbonyl (C=O) groups excluding carboxylic acids is 1. The van der Waals surface area contributed by atoms with Crippen molar-refractivity contribution in [1.82, 2.24) is 14.7 Å². The van der Waals surface area contributed by atoms with Crippen LogP contribution in [0.2, 0.25) is 0 Å². The lowest BCUT2D eigenvalue weighted by atomic mass is 10.1. The number of hydrogen-bond donors (Lipinski definition) is 0. The first-order valence-corrected chi connectivity index (χ1v) is 7.72. The molecule has 4 nitrogen and oxygen atoms in total. The third-order valence-electron chi connectivity index (χ3n) is 4.19. The molecule has 1 aliphatic heterocycles. The Morgan fingerprint density at radius 1 is 1.23 bits per heavy atom. The van der Waals surface area contributed by atoms with Crippen molar-refractivity contribution in [2.24, 2.45) is 7.05 Å². The van der Waals surface area contributed by atoms with E-state index in [2.05, 4.69) is 5.10 Å². The van der Waals surface area contributed by atoms with E-state index in [0.717, 1.165) is 31.4 Å². The van der Waals surface area contributed by atoms with Crippen molar-refractivity contribution in [2.75, 3.05) is 6.54 Å². The molecule has 5 heteroatoms. The van der Waals surface area contributed by atoms with E-state index in [1.807, 2.05) is 19.3 Å². The molecule has 0 bridgehead atoms. The molecule has 1 amide bonds. The standard InChI is InChI=1S/C17H20FN3O/c1-20-12-10-15(19-20)16-9-3-2-6-11-21(16)17(22)13-7-4-5-8-14(13)18/h4-5,7-8,10,12,16H,2-3,6,9,11H2,1H3. The summed E-state index contributed by atoms with van der Waals surface area (Å²) < 4.78 is 15.7. The minimum atomic E-state index is -0.462. The van der Waals surface area contributed by atoms with Crippen LogP contribution in [0.1, 0.15) is 47.8 Å². The molecule has 1 saturated heterocycles. The highest BCUT2D eigenvalue weighted by Crippen LogP contribution is 2.30. The number of halogens is 1. The average Bonchev–Trinajstić information content (AvgIpc) is 2.80. The smallest absolute Gasteiger partial charge is 0.257 e. The number of benzene rings is 1. The molecule has 1 fully saturated rings. The zero-order chi connectivity index (χ0) is 15.5. The van der Waals surface area contributed by atoms with Crippen molar-refractivity contribution >= 4 is 5.91 Å². The van der Waals surface area contributed by atoms with Crippen LogP contribution in [-0.4, -0.2) is 27.1 Å². The Morgan fingerprint density at radius 3 is 2.77 bits per heavy atom. The molecule has 116 valence electrons. The first-order chi connectivity index (χ1) is 10.7. The second-order valence-corrected chi connectivity index (χ2v) is 5.76. The molecule has 0 radical (unpaired) electrons. The van der Waals surface area contributed by atoms with E-state index in [1.54, 1.807) is 27.8 Å². The number of amides is 1. The lowest BCUT2D eigenvalue weighted by molar-refractivity contribution is 0.0671. The van der Waals surface area contributed by atoms with Gasteiger partial charge >= 0.3 is 0 Å². The summed E-state index contributed by atoms with van der Waals surface area (Å²) in [5.74, 6) is -0.702. The van der Waals surface area contributed by atoms with Crippen LogP contribution in [0.25, 0.3) is 0 Å². The number of aromatic nitrogens is 2. The van der Waals surface area contributed by atoms with E-state index < -0.39 is 5.82 Å². The van der Waals surface area contributed by atoms with Gasteiger partial charge in [-0.05, 0) is 31.0 Å². The van der Waals surface area contributed by atoms with E-state index in [1.165, 1.54) is 6.07 Å². The van der Waals surface area contributed by atoms with Gasteiger partial charge in [0.15, 0.2) is 0 Å². The molecule has 0 spiro atoms. The third-order valence-corrected chi connectivity index (χ3v) is 4.19. The molecule has 0 aliphatic carbocycles. The van der Waals surface area contributed by atoms with Gasteiger partial charge in [-0.25, -0.2) is 4.39 Å². The Balaban J connectivity index is 1.94. The Bertz CT molecular complexity index is 667. The fourth-order valence-electron chi connectivity index (χ4n) is 3.06. The van der Waals surface area contributed by atoms with Crippen LogP contribution in [-0.2, 0) is 7.05 Å². The molecule has 22 heavy (non-hydrogen) atoms. The molecule has 1 aromatic carbocycles. The summed E-state index contributed by atoms with van der Waals surface area (Å²) in [5, 5.41) is 4.45. The summed E-state index contributed by atoms with van der Waals surface area (Å²) in [6.07, 6.45) is 5.85. The zero-order valence-electron chi connectivity index (χ0n) is 12.7. The van der Waals surface area contributed by atoms with Crippen LogP contribution in [0.15, 0.2) is 36.5 Å². The van der Waals surface area contributed by atoms with Crippen LogP contribution in [0.4, 0.5) is 4.39 Å². The number of hydrogen-bond acceptors (Lipinski definition) is 2. The Hall–Kier alpha value is -2.17. The zero-order valence-corrected chi connectivity index (χ0v) is 12.7. The van der Waals surface area contributed by atoms with Gasteiger partial charge in [0, 0.05) is 19.8 Å². The largest absolute Gasteiger partial charge is 0.330 e. The van der Waals surface area contributed by atoms with Crippen LogP contribution >= 0.6 is 0 Å². The van der Waals surface area contributed by atoms with E-state index in [-0.39, 0.29) is 17.5 Å². The highest BCUT2D eigenvalue weighted by molar-refractivity contribution is 5.94. The number of nitrogens with zero attached hydrogens (tertiary/aromatic N) is 3. The molecule has 1 aliphatic rings. The summed E-state index contributed by atoms with van der Waals surface area (Å²) in [4.78, 5) is 14.6.